The van der Waals surface area contributed by atoms with E-state index in [0.29, 0.717) is 5.95 Å². The average Bonchev–Trinajstić information content (AvgIpc) is 2.19. The molecule has 1 aromatic heterocycles. The lowest BCUT2D eigenvalue weighted by Crippen LogP contribution is -1.95. The monoisotopic (exact) mass is 110 g/mol. The normalized spacial score (nSPS) is 9.12. The van der Waals surface area contributed by atoms with Gasteiger partial charge in [0.05, 0.1) is 0 Å². The van der Waals surface area contributed by atoms with Gasteiger partial charge in [-0.1, -0.05) is 0 Å². The van der Waals surface area contributed by atoms with E-state index in [9.17, 15) is 0 Å². The van der Waals surface area contributed by atoms with Gasteiger partial charge in [0.25, 0.3) is 0 Å². The molecule has 0 unspecified atom stereocenters. The molecule has 0 aromatic carbocycles. The van der Waals surface area contributed by atoms with Crippen LogP contribution in [0.1, 0.15) is 6.92 Å². The van der Waals surface area contributed by atoms with E-state index in [1.54, 1.807) is 12.4 Å². The molecule has 0 aliphatic rings. The molecule has 0 saturated heterocycles. The summed E-state index contributed by atoms with van der Waals surface area (Å²) in [4.78, 5) is 6.74. The van der Waals surface area contributed by atoms with Gasteiger partial charge >= 0.3 is 0 Å². The maximum absolute atomic E-state index is 4.00. The smallest absolute Gasteiger partial charge is 0.222 e. The number of H-pyrrole nitrogens is 1. The molecular weight excluding hydrogens is 102 g/mol. The van der Waals surface area contributed by atoms with Crippen LogP contribution in [0.3, 0.4) is 0 Å². The lowest BCUT2D eigenvalue weighted by atomic mass is 10.7. The van der Waals surface area contributed by atoms with Gasteiger partial charge in [-0.05, 0) is 6.92 Å². The maximum atomic E-state index is 4.00. The van der Waals surface area contributed by atoms with Crippen molar-refractivity contribution >= 4 is 5.95 Å². The van der Waals surface area contributed by atoms with Crippen molar-refractivity contribution in [3.05, 3.63) is 12.4 Å². The molecule has 1 radical (unpaired) electrons. The zero-order valence-corrected chi connectivity index (χ0v) is 4.76. The lowest BCUT2D eigenvalue weighted by Gasteiger charge is -1.88. The van der Waals surface area contributed by atoms with Crippen LogP contribution in [0.4, 0.5) is 5.95 Å². The first-order valence-electron chi connectivity index (χ1n) is 2.60. The van der Waals surface area contributed by atoms with Gasteiger partial charge in [-0.2, -0.15) is 0 Å². The number of aromatic nitrogens is 2. The van der Waals surface area contributed by atoms with E-state index in [-0.39, 0.29) is 0 Å². The fraction of sp³-hybridized carbons (Fsp3) is 0.400. The Kier molecular flexibility index (Phi) is 1.51. The largest absolute Gasteiger partial charge is 0.330 e. The molecule has 0 atom stereocenters. The minimum Gasteiger partial charge on any atom is -0.330 e. The molecule has 0 aliphatic heterocycles. The Morgan fingerprint density at radius 2 is 2.75 bits per heavy atom. The number of imidazole rings is 1. The van der Waals surface area contributed by atoms with Crippen LogP contribution in [0.5, 0.6) is 0 Å². The van der Waals surface area contributed by atoms with Crippen molar-refractivity contribution in [3.63, 3.8) is 0 Å². The Morgan fingerprint density at radius 1 is 1.88 bits per heavy atom. The standard InChI is InChI=1S/C5H8N3/c1-2-6-5-7-3-4-8-5/h3-4H,2H2,1H3,(H,7,8). The third-order valence-electron chi connectivity index (χ3n) is 0.792. The first kappa shape index (κ1) is 5.15. The second-order valence-electron chi connectivity index (χ2n) is 1.39. The van der Waals surface area contributed by atoms with Gasteiger partial charge in [-0.25, -0.2) is 4.98 Å². The van der Waals surface area contributed by atoms with Crippen LogP contribution >= 0.6 is 0 Å². The molecule has 1 N–H and O–H groups in total. The summed E-state index contributed by atoms with van der Waals surface area (Å²) in [5.74, 6) is 0.715. The van der Waals surface area contributed by atoms with E-state index < -0.39 is 0 Å². The van der Waals surface area contributed by atoms with Crippen LogP contribution in [-0.2, 0) is 0 Å². The molecule has 3 heteroatoms. The quantitative estimate of drug-likeness (QED) is 0.597. The number of aromatic amines is 1. The van der Waals surface area contributed by atoms with Crippen molar-refractivity contribution in [3.8, 4) is 0 Å². The van der Waals surface area contributed by atoms with Gasteiger partial charge in [0.1, 0.15) is 0 Å². The van der Waals surface area contributed by atoms with Crippen molar-refractivity contribution in [1.29, 1.82) is 0 Å². The molecule has 0 saturated carbocycles. The summed E-state index contributed by atoms with van der Waals surface area (Å²) < 4.78 is 0. The van der Waals surface area contributed by atoms with E-state index in [1.165, 1.54) is 0 Å². The van der Waals surface area contributed by atoms with Crippen LogP contribution in [0.2, 0.25) is 0 Å². The fourth-order valence-corrected chi connectivity index (χ4v) is 0.493. The molecule has 8 heavy (non-hydrogen) atoms. The van der Waals surface area contributed by atoms with Gasteiger partial charge in [0.15, 0.2) is 0 Å². The molecule has 1 heterocycles. The van der Waals surface area contributed by atoms with Gasteiger partial charge in [0, 0.05) is 18.9 Å². The Balaban J connectivity index is 2.50. The molecular formula is C5H8N3. The predicted molar refractivity (Wildman–Crippen MR) is 30.9 cm³/mol. The number of nitrogens with zero attached hydrogens (tertiary/aromatic N) is 2. The Labute approximate surface area is 48.1 Å². The van der Waals surface area contributed by atoms with Crippen LogP contribution in [0, 0.1) is 0 Å². The number of hydrogen-bond donors (Lipinski definition) is 1. The Bertz CT molecular complexity index is 133. The SMILES string of the molecule is CC[N]c1ncc[nH]1. The lowest BCUT2D eigenvalue weighted by molar-refractivity contribution is 0.863. The number of rotatable bonds is 2. The predicted octanol–water partition coefficient (Wildman–Crippen LogP) is 0.665. The second-order valence-corrected chi connectivity index (χ2v) is 1.39. The van der Waals surface area contributed by atoms with E-state index in [4.69, 9.17) is 0 Å². The zero-order valence-electron chi connectivity index (χ0n) is 4.76. The van der Waals surface area contributed by atoms with Gasteiger partial charge in [-0.3, -0.25) is 5.32 Å². The van der Waals surface area contributed by atoms with Crippen LogP contribution in [0.15, 0.2) is 12.4 Å². The summed E-state index contributed by atoms with van der Waals surface area (Å²) in [5.41, 5.74) is 0. The average molecular weight is 110 g/mol. The molecule has 0 amide bonds. The van der Waals surface area contributed by atoms with Crippen LogP contribution < -0.4 is 5.32 Å². The van der Waals surface area contributed by atoms with Gasteiger partial charge in [-0.15, -0.1) is 0 Å². The molecule has 0 bridgehead atoms. The zero-order chi connectivity index (χ0) is 5.82. The summed E-state index contributed by atoms with van der Waals surface area (Å²) in [7, 11) is 0. The Hall–Kier alpha value is -0.990. The maximum Gasteiger partial charge on any atom is 0.222 e. The van der Waals surface area contributed by atoms with E-state index in [1.807, 2.05) is 6.92 Å². The molecule has 0 fully saturated rings. The molecule has 3 nitrogen and oxygen atoms in total. The third-order valence-corrected chi connectivity index (χ3v) is 0.792. The van der Waals surface area contributed by atoms with Crippen molar-refractivity contribution in [2.75, 3.05) is 6.54 Å². The first-order valence-corrected chi connectivity index (χ1v) is 2.60. The highest BCUT2D eigenvalue weighted by molar-refractivity contribution is 5.09. The highest BCUT2D eigenvalue weighted by Crippen LogP contribution is 1.91. The molecule has 1 aromatic rings. The second kappa shape index (κ2) is 2.35. The highest BCUT2D eigenvalue weighted by Gasteiger charge is 1.87. The topological polar surface area (TPSA) is 42.8 Å². The summed E-state index contributed by atoms with van der Waals surface area (Å²) in [5, 5.41) is 4.00. The first-order chi connectivity index (χ1) is 3.93. The van der Waals surface area contributed by atoms with Crippen LogP contribution in [0.25, 0.3) is 0 Å². The van der Waals surface area contributed by atoms with Gasteiger partial charge < -0.3 is 4.98 Å². The number of nitrogens with one attached hydrogen (secondary N) is 1. The van der Waals surface area contributed by atoms with Crippen molar-refractivity contribution in [1.82, 2.24) is 15.3 Å². The van der Waals surface area contributed by atoms with Crippen molar-refractivity contribution in [2.45, 2.75) is 6.92 Å². The molecule has 0 spiro atoms. The summed E-state index contributed by atoms with van der Waals surface area (Å²) in [6.07, 6.45) is 3.45. The van der Waals surface area contributed by atoms with Crippen molar-refractivity contribution < 1.29 is 0 Å². The third kappa shape index (κ3) is 0.992. The minimum absolute atomic E-state index is 0.715. The van der Waals surface area contributed by atoms with Crippen LogP contribution in [-0.4, -0.2) is 16.5 Å². The summed E-state index contributed by atoms with van der Waals surface area (Å²) >= 11 is 0. The number of hydrogen-bond acceptors (Lipinski definition) is 1. The van der Waals surface area contributed by atoms with Gasteiger partial charge in [0.2, 0.25) is 5.95 Å². The summed E-state index contributed by atoms with van der Waals surface area (Å²) in [6.45, 7) is 2.76. The van der Waals surface area contributed by atoms with E-state index in [2.05, 4.69) is 15.3 Å². The minimum atomic E-state index is 0.715. The van der Waals surface area contributed by atoms with Crippen molar-refractivity contribution in [2.24, 2.45) is 0 Å². The molecule has 1 rings (SSSR count). The molecule has 43 valence electrons. The van der Waals surface area contributed by atoms with E-state index in [0.717, 1.165) is 6.54 Å². The van der Waals surface area contributed by atoms with E-state index >= 15 is 0 Å². The molecule has 0 aliphatic carbocycles. The Morgan fingerprint density at radius 3 is 3.25 bits per heavy atom. The highest BCUT2D eigenvalue weighted by atomic mass is 15.1. The fourth-order valence-electron chi connectivity index (χ4n) is 0.493. The summed E-state index contributed by atoms with van der Waals surface area (Å²) in [6, 6.07) is 0.